The highest BCUT2D eigenvalue weighted by atomic mass is 32.2. The van der Waals surface area contributed by atoms with Gasteiger partial charge >= 0.3 is 5.00 Å². The fraction of sp³-hybridized carbons (Fsp3) is 0.296. The Hall–Kier alpha value is -3.52. The van der Waals surface area contributed by atoms with E-state index in [4.69, 9.17) is 0 Å². The minimum absolute atomic E-state index is 0.0272. The number of aromatic nitrogens is 1. The van der Waals surface area contributed by atoms with Gasteiger partial charge in [-0.3, -0.25) is 14.9 Å². The molecule has 0 N–H and O–H groups in total. The first kappa shape index (κ1) is 28.0. The van der Waals surface area contributed by atoms with Crippen molar-refractivity contribution in [2.45, 2.75) is 50.0 Å². The Labute approximate surface area is 239 Å². The molecule has 0 spiro atoms. The molecule has 1 fully saturated rings. The van der Waals surface area contributed by atoms with E-state index in [9.17, 15) is 23.3 Å². The number of thiazole rings is 1. The normalized spacial score (nSPS) is 14.8. The number of carbonyl (C=O) groups is 1. The number of fused-ring (bicyclic) bond motifs is 1. The summed E-state index contributed by atoms with van der Waals surface area (Å²) in [5, 5.41) is 16.9. The topological polar surface area (TPSA) is 126 Å². The summed E-state index contributed by atoms with van der Waals surface area (Å²) >= 11 is 2.22. The first-order valence-electron chi connectivity index (χ1n) is 12.7. The maximum absolute atomic E-state index is 13.7. The van der Waals surface area contributed by atoms with Gasteiger partial charge < -0.3 is 0 Å². The summed E-state index contributed by atoms with van der Waals surface area (Å²) in [5.41, 5.74) is 1.98. The van der Waals surface area contributed by atoms with Gasteiger partial charge in [0.15, 0.2) is 0 Å². The van der Waals surface area contributed by atoms with Crippen LogP contribution in [-0.4, -0.2) is 47.8 Å². The molecule has 1 saturated carbocycles. The molecule has 2 aromatic carbocycles. The molecule has 0 aliphatic heterocycles. The van der Waals surface area contributed by atoms with Crippen molar-refractivity contribution >= 4 is 65.2 Å². The van der Waals surface area contributed by atoms with Crippen molar-refractivity contribution in [3.8, 4) is 0 Å². The number of hydrogen-bond acceptors (Lipinski definition) is 9. The van der Waals surface area contributed by atoms with Crippen LogP contribution in [0.2, 0.25) is 0 Å². The molecular formula is C27H27N5O5S3. The van der Waals surface area contributed by atoms with Crippen LogP contribution in [0.4, 0.5) is 10.1 Å². The van der Waals surface area contributed by atoms with E-state index < -0.39 is 20.9 Å². The lowest BCUT2D eigenvalue weighted by molar-refractivity contribution is -0.380. The largest absolute Gasteiger partial charge is 0.324 e. The Kier molecular flexibility index (Phi) is 8.08. The van der Waals surface area contributed by atoms with Gasteiger partial charge in [0, 0.05) is 24.7 Å². The van der Waals surface area contributed by atoms with Gasteiger partial charge in [-0.2, -0.15) is 14.4 Å². The van der Waals surface area contributed by atoms with E-state index in [1.807, 2.05) is 25.1 Å². The first-order chi connectivity index (χ1) is 19.1. The van der Waals surface area contributed by atoms with Crippen LogP contribution in [0.5, 0.6) is 0 Å². The number of aryl methyl sites for hydroxylation is 1. The van der Waals surface area contributed by atoms with E-state index in [0.29, 0.717) is 15.5 Å². The molecule has 0 saturated heterocycles. The Morgan fingerprint density at radius 1 is 1.07 bits per heavy atom. The van der Waals surface area contributed by atoms with E-state index >= 15 is 0 Å². The summed E-state index contributed by atoms with van der Waals surface area (Å²) in [4.78, 5) is 29.5. The molecule has 10 nitrogen and oxygen atoms in total. The fourth-order valence-electron chi connectivity index (χ4n) is 4.62. The van der Waals surface area contributed by atoms with Gasteiger partial charge in [-0.25, -0.2) is 13.4 Å². The second-order valence-electron chi connectivity index (χ2n) is 9.60. The number of sulfonamides is 1. The summed E-state index contributed by atoms with van der Waals surface area (Å²) in [6, 6.07) is 14.5. The van der Waals surface area contributed by atoms with Gasteiger partial charge in [0.2, 0.25) is 15.2 Å². The third-order valence-corrected chi connectivity index (χ3v) is 10.8. The van der Waals surface area contributed by atoms with Crippen molar-refractivity contribution in [2.75, 3.05) is 12.1 Å². The highest BCUT2D eigenvalue weighted by molar-refractivity contribution is 7.89. The maximum Gasteiger partial charge on any atom is 0.324 e. The highest BCUT2D eigenvalue weighted by Crippen LogP contribution is 2.32. The molecule has 13 heteroatoms. The molecule has 0 atom stereocenters. The predicted octanol–water partition coefficient (Wildman–Crippen LogP) is 6.21. The molecule has 1 aliphatic rings. The zero-order valence-electron chi connectivity index (χ0n) is 21.9. The molecule has 2 heterocycles. The monoisotopic (exact) mass is 597 g/mol. The van der Waals surface area contributed by atoms with Crippen LogP contribution in [0.25, 0.3) is 10.2 Å². The summed E-state index contributed by atoms with van der Waals surface area (Å²) in [7, 11) is -2.10. The minimum atomic E-state index is -3.71. The van der Waals surface area contributed by atoms with Crippen LogP contribution in [0.3, 0.4) is 0 Å². The van der Waals surface area contributed by atoms with Crippen molar-refractivity contribution in [1.29, 1.82) is 0 Å². The van der Waals surface area contributed by atoms with Crippen molar-refractivity contribution in [3.05, 3.63) is 80.7 Å². The molecule has 5 rings (SSSR count). The molecular weight excluding hydrogens is 571 g/mol. The number of amides is 1. The van der Waals surface area contributed by atoms with E-state index in [2.05, 4.69) is 10.1 Å². The summed E-state index contributed by atoms with van der Waals surface area (Å²) in [6.07, 6.45) is 6.21. The fourth-order valence-corrected chi connectivity index (χ4v) is 7.75. The van der Waals surface area contributed by atoms with Gasteiger partial charge in [0.1, 0.15) is 0 Å². The van der Waals surface area contributed by atoms with Crippen LogP contribution >= 0.6 is 22.7 Å². The standard InChI is InChI=1S/C27H27N5O5S3/c1-18-8-14-23-24(16-18)39-27(29-23)31(28-17-21-11-15-25(38-21)32(34)35)26(33)19-9-12-22(13-10-19)40(36,37)30(2)20-6-4-3-5-7-20/h8-17,20H,3-7H2,1-2H3/b28-17+. The van der Waals surface area contributed by atoms with Crippen LogP contribution in [-0.2, 0) is 10.0 Å². The predicted molar refractivity (Wildman–Crippen MR) is 158 cm³/mol. The van der Waals surface area contributed by atoms with Gasteiger partial charge in [0.25, 0.3) is 5.91 Å². The van der Waals surface area contributed by atoms with Crippen LogP contribution in [0, 0.1) is 17.0 Å². The average Bonchev–Trinajstić information content (AvgIpc) is 3.60. The third-order valence-electron chi connectivity index (χ3n) is 6.87. The quantitative estimate of drug-likeness (QED) is 0.135. The Morgan fingerprint density at radius 2 is 1.80 bits per heavy atom. The minimum Gasteiger partial charge on any atom is -0.267 e. The maximum atomic E-state index is 13.7. The van der Waals surface area contributed by atoms with E-state index in [1.165, 1.54) is 52.2 Å². The second-order valence-corrected chi connectivity index (χ2v) is 13.7. The summed E-state index contributed by atoms with van der Waals surface area (Å²) in [5.74, 6) is -0.511. The lowest BCUT2D eigenvalue weighted by Crippen LogP contribution is -2.38. The first-order valence-corrected chi connectivity index (χ1v) is 15.8. The number of benzene rings is 2. The number of anilines is 1. The lowest BCUT2D eigenvalue weighted by atomic mass is 9.96. The van der Waals surface area contributed by atoms with Crippen molar-refractivity contribution in [3.63, 3.8) is 0 Å². The molecule has 4 aromatic rings. The van der Waals surface area contributed by atoms with Gasteiger partial charge in [0.05, 0.1) is 31.1 Å². The molecule has 0 unspecified atom stereocenters. The van der Waals surface area contributed by atoms with Gasteiger partial charge in [-0.15, -0.1) is 0 Å². The number of nitro groups is 1. The molecule has 208 valence electrons. The average molecular weight is 598 g/mol. The van der Waals surface area contributed by atoms with E-state index in [1.54, 1.807) is 13.1 Å². The number of thiophene rings is 1. The molecule has 0 bridgehead atoms. The van der Waals surface area contributed by atoms with E-state index in [0.717, 1.165) is 58.7 Å². The molecule has 0 radical (unpaired) electrons. The number of rotatable bonds is 8. The number of hydrazone groups is 1. The summed E-state index contributed by atoms with van der Waals surface area (Å²) < 4.78 is 28.8. The SMILES string of the molecule is Cc1ccc2nc(N(/N=C/c3ccc([N+](=O)[O-])s3)C(=O)c3ccc(S(=O)(=O)N(C)C4CCCCC4)cc3)sc2c1. The number of hydrogen-bond donors (Lipinski definition) is 0. The Morgan fingerprint density at radius 3 is 2.48 bits per heavy atom. The van der Waals surface area contributed by atoms with Crippen molar-refractivity contribution in [2.24, 2.45) is 5.10 Å². The molecule has 2 aromatic heterocycles. The molecule has 40 heavy (non-hydrogen) atoms. The van der Waals surface area contributed by atoms with Crippen LogP contribution < -0.4 is 5.01 Å². The zero-order chi connectivity index (χ0) is 28.4. The summed E-state index contributed by atoms with van der Waals surface area (Å²) in [6.45, 7) is 1.96. The smallest absolute Gasteiger partial charge is 0.267 e. The molecule has 1 aliphatic carbocycles. The van der Waals surface area contributed by atoms with E-state index in [-0.39, 0.29) is 21.5 Å². The van der Waals surface area contributed by atoms with Gasteiger partial charge in [-0.1, -0.05) is 48.0 Å². The number of nitrogens with zero attached hydrogens (tertiary/aromatic N) is 5. The zero-order valence-corrected chi connectivity index (χ0v) is 24.3. The van der Waals surface area contributed by atoms with Crippen LogP contribution in [0.15, 0.2) is 64.6 Å². The van der Waals surface area contributed by atoms with Gasteiger partial charge in [-0.05, 0) is 67.8 Å². The van der Waals surface area contributed by atoms with Crippen LogP contribution in [0.1, 0.15) is 52.9 Å². The lowest BCUT2D eigenvalue weighted by Gasteiger charge is -2.30. The molecule has 1 amide bonds. The van der Waals surface area contributed by atoms with Crippen molar-refractivity contribution in [1.82, 2.24) is 9.29 Å². The number of carbonyl (C=O) groups excluding carboxylic acids is 1. The Balaban J connectivity index is 1.45. The highest BCUT2D eigenvalue weighted by Gasteiger charge is 2.29. The van der Waals surface area contributed by atoms with Crippen molar-refractivity contribution < 1.29 is 18.1 Å². The Bertz CT molecular complexity index is 1690. The second kappa shape index (κ2) is 11.5. The third kappa shape index (κ3) is 5.82.